The highest BCUT2D eigenvalue weighted by molar-refractivity contribution is 6.76. The standard InChI is InChI=1S/C30H33N5O2Si/c1-33-19-25(24-15-23(36-2)11-12-26(24)33)27-16-28-30(34(27)20-37-13-14-38(3,4)5)32-18-22-17-31-29(35(22)28)21-9-7-6-8-10-21/h6-12,15-19H,13-14,20H2,1-5H3. The molecule has 0 aliphatic carbocycles. The first-order chi connectivity index (χ1) is 18.3. The SMILES string of the molecule is COc1ccc2c(c1)c(-c1cc3c(ncc4cnc(-c5ccccc5)n43)n1COCC[Si](C)(C)C)cn2C. The van der Waals surface area contributed by atoms with Gasteiger partial charge >= 0.3 is 0 Å². The van der Waals surface area contributed by atoms with E-state index in [0.717, 1.165) is 68.6 Å². The van der Waals surface area contributed by atoms with E-state index in [2.05, 4.69) is 76.8 Å². The number of hydrogen-bond donors (Lipinski definition) is 0. The van der Waals surface area contributed by atoms with Gasteiger partial charge in [0.2, 0.25) is 0 Å². The molecule has 0 aliphatic heterocycles. The second-order valence-corrected chi connectivity index (χ2v) is 16.6. The number of methoxy groups -OCH3 is 1. The van der Waals surface area contributed by atoms with E-state index >= 15 is 0 Å². The van der Waals surface area contributed by atoms with Gasteiger partial charge in [-0.15, -0.1) is 0 Å². The molecule has 7 nitrogen and oxygen atoms in total. The molecule has 2 aromatic carbocycles. The summed E-state index contributed by atoms with van der Waals surface area (Å²) in [5.41, 5.74) is 7.21. The van der Waals surface area contributed by atoms with E-state index in [4.69, 9.17) is 19.4 Å². The fraction of sp³-hybridized carbons (Fsp3) is 0.267. The maximum Gasteiger partial charge on any atom is 0.159 e. The molecule has 0 bridgehead atoms. The van der Waals surface area contributed by atoms with E-state index in [1.165, 1.54) is 0 Å². The van der Waals surface area contributed by atoms with Crippen molar-refractivity contribution in [1.82, 2.24) is 23.5 Å². The lowest BCUT2D eigenvalue weighted by atomic mass is 10.1. The number of nitrogens with zero attached hydrogens (tertiary/aromatic N) is 5. The zero-order valence-electron chi connectivity index (χ0n) is 22.6. The number of hydrogen-bond acceptors (Lipinski definition) is 4. The monoisotopic (exact) mass is 523 g/mol. The van der Waals surface area contributed by atoms with Crippen molar-refractivity contribution in [2.24, 2.45) is 7.05 Å². The average Bonchev–Trinajstić information content (AvgIpc) is 3.59. The number of aromatic nitrogens is 5. The topological polar surface area (TPSA) is 58.5 Å². The van der Waals surface area contributed by atoms with Crippen LogP contribution in [0.1, 0.15) is 0 Å². The lowest BCUT2D eigenvalue weighted by Gasteiger charge is -2.16. The molecule has 0 atom stereocenters. The third kappa shape index (κ3) is 4.29. The van der Waals surface area contributed by atoms with Crippen LogP contribution in [0, 0.1) is 0 Å². The minimum atomic E-state index is -1.21. The summed E-state index contributed by atoms with van der Waals surface area (Å²) in [6.45, 7) is 8.29. The molecule has 0 fully saturated rings. The van der Waals surface area contributed by atoms with Gasteiger partial charge in [0.15, 0.2) is 5.65 Å². The second kappa shape index (κ2) is 9.45. The van der Waals surface area contributed by atoms with Gasteiger partial charge in [0.05, 0.1) is 36.2 Å². The Balaban J connectivity index is 1.57. The van der Waals surface area contributed by atoms with E-state index in [1.807, 2.05) is 36.7 Å². The van der Waals surface area contributed by atoms with Crippen LogP contribution < -0.4 is 4.74 Å². The summed E-state index contributed by atoms with van der Waals surface area (Å²) < 4.78 is 18.4. The number of benzene rings is 2. The van der Waals surface area contributed by atoms with Crippen LogP contribution in [-0.2, 0) is 18.5 Å². The highest BCUT2D eigenvalue weighted by atomic mass is 28.3. The molecule has 0 radical (unpaired) electrons. The predicted molar refractivity (Wildman–Crippen MR) is 156 cm³/mol. The Kier molecular flexibility index (Phi) is 6.08. The fourth-order valence-corrected chi connectivity index (χ4v) is 5.80. The van der Waals surface area contributed by atoms with Crippen molar-refractivity contribution in [2.75, 3.05) is 13.7 Å². The molecule has 38 heavy (non-hydrogen) atoms. The van der Waals surface area contributed by atoms with Gasteiger partial charge in [0, 0.05) is 50.0 Å². The van der Waals surface area contributed by atoms with E-state index in [0.29, 0.717) is 6.73 Å². The van der Waals surface area contributed by atoms with Crippen LogP contribution in [0.25, 0.3) is 50.2 Å². The average molecular weight is 524 g/mol. The molecule has 8 heteroatoms. The summed E-state index contributed by atoms with van der Waals surface area (Å²) in [6.07, 6.45) is 5.97. The molecule has 6 rings (SSSR count). The molecule has 0 N–H and O–H groups in total. The molecule has 0 spiro atoms. The van der Waals surface area contributed by atoms with Crippen LogP contribution in [0.4, 0.5) is 0 Å². The van der Waals surface area contributed by atoms with Crippen molar-refractivity contribution < 1.29 is 9.47 Å². The largest absolute Gasteiger partial charge is 0.497 e. The van der Waals surface area contributed by atoms with Crippen LogP contribution >= 0.6 is 0 Å². The Bertz CT molecular complexity index is 1760. The van der Waals surface area contributed by atoms with Crippen molar-refractivity contribution in [3.8, 4) is 28.4 Å². The van der Waals surface area contributed by atoms with E-state index in [1.54, 1.807) is 7.11 Å². The van der Waals surface area contributed by atoms with Crippen molar-refractivity contribution >= 4 is 35.7 Å². The molecule has 4 heterocycles. The zero-order valence-corrected chi connectivity index (χ0v) is 23.6. The highest BCUT2D eigenvalue weighted by Gasteiger charge is 2.21. The molecule has 194 valence electrons. The van der Waals surface area contributed by atoms with Gasteiger partial charge in [-0.05, 0) is 30.3 Å². The quantitative estimate of drug-likeness (QED) is 0.162. The van der Waals surface area contributed by atoms with Gasteiger partial charge in [-0.2, -0.15) is 0 Å². The van der Waals surface area contributed by atoms with E-state index in [9.17, 15) is 0 Å². The Hall–Kier alpha value is -3.88. The van der Waals surface area contributed by atoms with E-state index in [-0.39, 0.29) is 0 Å². The maximum atomic E-state index is 6.30. The van der Waals surface area contributed by atoms with Gasteiger partial charge in [0.25, 0.3) is 0 Å². The first kappa shape index (κ1) is 24.5. The summed E-state index contributed by atoms with van der Waals surface area (Å²) in [6, 6.07) is 19.8. The lowest BCUT2D eigenvalue weighted by molar-refractivity contribution is 0.0909. The zero-order chi connectivity index (χ0) is 26.4. The first-order valence-electron chi connectivity index (χ1n) is 13.0. The predicted octanol–water partition coefficient (Wildman–Crippen LogP) is 6.83. The summed E-state index contributed by atoms with van der Waals surface area (Å²) >= 11 is 0. The first-order valence-corrected chi connectivity index (χ1v) is 16.7. The smallest absolute Gasteiger partial charge is 0.159 e. The Labute approximate surface area is 223 Å². The van der Waals surface area contributed by atoms with Crippen LogP contribution in [0.2, 0.25) is 25.7 Å². The number of ether oxygens (including phenoxy) is 2. The molecule has 0 saturated heterocycles. The lowest BCUT2D eigenvalue weighted by Crippen LogP contribution is -2.22. The Morgan fingerprint density at radius 2 is 1.71 bits per heavy atom. The molecular weight excluding hydrogens is 490 g/mol. The molecule has 0 aliphatic rings. The van der Waals surface area contributed by atoms with Crippen molar-refractivity contribution in [3.05, 3.63) is 73.2 Å². The third-order valence-electron chi connectivity index (χ3n) is 7.12. The van der Waals surface area contributed by atoms with Gasteiger partial charge in [0.1, 0.15) is 18.3 Å². The van der Waals surface area contributed by atoms with Gasteiger partial charge < -0.3 is 14.0 Å². The Morgan fingerprint density at radius 1 is 0.921 bits per heavy atom. The normalized spacial score (nSPS) is 12.2. The highest BCUT2D eigenvalue weighted by Crippen LogP contribution is 2.36. The Morgan fingerprint density at radius 3 is 2.47 bits per heavy atom. The van der Waals surface area contributed by atoms with Crippen molar-refractivity contribution in [2.45, 2.75) is 32.4 Å². The number of rotatable bonds is 8. The molecule has 6 aromatic rings. The summed E-state index contributed by atoms with van der Waals surface area (Å²) in [7, 11) is 2.58. The minimum Gasteiger partial charge on any atom is -0.497 e. The molecule has 0 saturated carbocycles. The summed E-state index contributed by atoms with van der Waals surface area (Å²) in [4.78, 5) is 9.68. The number of aryl methyl sites for hydroxylation is 1. The van der Waals surface area contributed by atoms with Crippen molar-refractivity contribution in [1.29, 1.82) is 0 Å². The van der Waals surface area contributed by atoms with E-state index < -0.39 is 8.07 Å². The summed E-state index contributed by atoms with van der Waals surface area (Å²) in [5.74, 6) is 1.73. The molecule has 0 unspecified atom stereocenters. The molecule has 0 amide bonds. The van der Waals surface area contributed by atoms with Crippen LogP contribution in [0.3, 0.4) is 0 Å². The van der Waals surface area contributed by atoms with Gasteiger partial charge in [-0.25, -0.2) is 9.97 Å². The number of imidazole rings is 1. The third-order valence-corrected chi connectivity index (χ3v) is 8.82. The minimum absolute atomic E-state index is 0.428. The molecular formula is C30H33N5O2Si. The fourth-order valence-electron chi connectivity index (χ4n) is 5.04. The second-order valence-electron chi connectivity index (χ2n) is 11.0. The number of fused-ring (bicyclic) bond motifs is 4. The van der Waals surface area contributed by atoms with Crippen LogP contribution in [0.5, 0.6) is 5.75 Å². The van der Waals surface area contributed by atoms with Crippen LogP contribution in [0.15, 0.2) is 73.2 Å². The molecule has 4 aromatic heterocycles. The summed E-state index contributed by atoms with van der Waals surface area (Å²) in [5, 5.41) is 1.13. The maximum absolute atomic E-state index is 6.30. The van der Waals surface area contributed by atoms with Gasteiger partial charge in [-0.3, -0.25) is 8.97 Å². The van der Waals surface area contributed by atoms with Crippen molar-refractivity contribution in [3.63, 3.8) is 0 Å². The van der Waals surface area contributed by atoms with Gasteiger partial charge in [-0.1, -0.05) is 50.0 Å². The van der Waals surface area contributed by atoms with Crippen LogP contribution in [-0.4, -0.2) is 45.3 Å².